The average molecular weight is 298 g/mol. The van der Waals surface area contributed by atoms with Gasteiger partial charge in [-0.2, -0.15) is 5.10 Å². The van der Waals surface area contributed by atoms with Crippen molar-refractivity contribution in [3.05, 3.63) is 46.5 Å². The first kappa shape index (κ1) is 12.6. The smallest absolute Gasteiger partial charge is 0.345 e. The van der Waals surface area contributed by atoms with E-state index in [1.807, 2.05) is 35.9 Å². The molecule has 5 heteroatoms. The summed E-state index contributed by atoms with van der Waals surface area (Å²) in [6, 6.07) is 9.83. The molecule has 0 spiro atoms. The molecule has 106 valence electrons. The molecule has 0 radical (unpaired) electrons. The van der Waals surface area contributed by atoms with E-state index < -0.39 is 5.97 Å². The Kier molecular flexibility index (Phi) is 2.65. The lowest BCUT2D eigenvalue weighted by atomic mass is 10.2. The minimum Gasteiger partial charge on any atom is -0.477 e. The maximum Gasteiger partial charge on any atom is 0.345 e. The highest BCUT2D eigenvalue weighted by molar-refractivity contribution is 7.20. The maximum absolute atomic E-state index is 11.3. The molecule has 0 amide bonds. The van der Waals surface area contributed by atoms with Gasteiger partial charge in [0.1, 0.15) is 9.71 Å². The minimum absolute atomic E-state index is 0.381. The van der Waals surface area contributed by atoms with Gasteiger partial charge in [-0.25, -0.2) is 9.48 Å². The number of thiophene rings is 1. The molecule has 1 aliphatic carbocycles. The summed E-state index contributed by atoms with van der Waals surface area (Å²) >= 11 is 1.30. The van der Waals surface area contributed by atoms with Gasteiger partial charge >= 0.3 is 5.97 Å². The SMILES string of the molecule is Cc1ccccc1-n1nc(C2CC2)c2cc(C(=O)O)sc21. The van der Waals surface area contributed by atoms with E-state index in [0.717, 1.165) is 40.0 Å². The topological polar surface area (TPSA) is 55.1 Å². The molecule has 0 saturated heterocycles. The number of carbonyl (C=O) groups is 1. The van der Waals surface area contributed by atoms with Gasteiger partial charge < -0.3 is 5.11 Å². The standard InChI is InChI=1S/C16H14N2O2S/c1-9-4-2-3-5-12(9)18-15-11(8-13(21-15)16(19)20)14(17-18)10-6-7-10/h2-5,8,10H,6-7H2,1H3,(H,19,20). The van der Waals surface area contributed by atoms with Crippen LogP contribution in [0.1, 0.15) is 39.7 Å². The zero-order valence-electron chi connectivity index (χ0n) is 11.5. The van der Waals surface area contributed by atoms with E-state index >= 15 is 0 Å². The van der Waals surface area contributed by atoms with E-state index in [4.69, 9.17) is 5.10 Å². The number of hydrogen-bond donors (Lipinski definition) is 1. The summed E-state index contributed by atoms with van der Waals surface area (Å²) in [6.45, 7) is 2.05. The number of carboxylic acid groups (broad SMARTS) is 1. The average Bonchev–Trinajstić information content (AvgIpc) is 3.10. The molecule has 1 fully saturated rings. The van der Waals surface area contributed by atoms with E-state index in [0.29, 0.717) is 10.8 Å². The van der Waals surface area contributed by atoms with Crippen molar-refractivity contribution in [3.63, 3.8) is 0 Å². The van der Waals surface area contributed by atoms with Crippen molar-refractivity contribution in [1.82, 2.24) is 9.78 Å². The summed E-state index contributed by atoms with van der Waals surface area (Å²) in [5, 5.41) is 15.0. The van der Waals surface area contributed by atoms with Crippen LogP contribution in [0.25, 0.3) is 15.9 Å². The number of nitrogens with zero attached hydrogens (tertiary/aromatic N) is 2. The van der Waals surface area contributed by atoms with Gasteiger partial charge in [-0.15, -0.1) is 11.3 Å². The number of aromatic carboxylic acids is 1. The second-order valence-corrected chi connectivity index (χ2v) is 6.52. The number of para-hydroxylation sites is 1. The lowest BCUT2D eigenvalue weighted by Gasteiger charge is -2.05. The van der Waals surface area contributed by atoms with Gasteiger partial charge in [-0.1, -0.05) is 18.2 Å². The van der Waals surface area contributed by atoms with Crippen LogP contribution in [0.3, 0.4) is 0 Å². The fourth-order valence-corrected chi connectivity index (χ4v) is 3.63. The van der Waals surface area contributed by atoms with Gasteiger partial charge in [0.05, 0.1) is 11.4 Å². The molecular weight excluding hydrogens is 284 g/mol. The second kappa shape index (κ2) is 4.43. The van der Waals surface area contributed by atoms with Crippen LogP contribution in [-0.2, 0) is 0 Å². The number of hydrogen-bond acceptors (Lipinski definition) is 3. The zero-order valence-corrected chi connectivity index (χ0v) is 12.4. The van der Waals surface area contributed by atoms with Crippen molar-refractivity contribution < 1.29 is 9.90 Å². The summed E-state index contributed by atoms with van der Waals surface area (Å²) in [7, 11) is 0. The molecule has 21 heavy (non-hydrogen) atoms. The Morgan fingerprint density at radius 2 is 2.14 bits per heavy atom. The molecule has 0 bridgehead atoms. The Balaban J connectivity index is 2.00. The van der Waals surface area contributed by atoms with Crippen molar-refractivity contribution in [3.8, 4) is 5.69 Å². The fraction of sp³-hybridized carbons (Fsp3) is 0.250. The van der Waals surface area contributed by atoms with Gasteiger partial charge in [0.2, 0.25) is 0 Å². The van der Waals surface area contributed by atoms with E-state index in [2.05, 4.69) is 0 Å². The molecule has 0 unspecified atom stereocenters. The number of aryl methyl sites for hydroxylation is 1. The van der Waals surface area contributed by atoms with Crippen LogP contribution in [0.15, 0.2) is 30.3 Å². The fourth-order valence-electron chi connectivity index (χ4n) is 2.66. The third-order valence-electron chi connectivity index (χ3n) is 3.91. The van der Waals surface area contributed by atoms with E-state index in [9.17, 15) is 9.90 Å². The Morgan fingerprint density at radius 3 is 2.81 bits per heavy atom. The monoisotopic (exact) mass is 298 g/mol. The van der Waals surface area contributed by atoms with Gasteiger partial charge in [-0.3, -0.25) is 0 Å². The van der Waals surface area contributed by atoms with Crippen LogP contribution in [0.2, 0.25) is 0 Å². The van der Waals surface area contributed by atoms with Crippen molar-refractivity contribution in [2.24, 2.45) is 0 Å². The van der Waals surface area contributed by atoms with Crippen molar-refractivity contribution in [2.75, 3.05) is 0 Å². The first-order chi connectivity index (χ1) is 10.1. The summed E-state index contributed by atoms with van der Waals surface area (Å²) in [6.07, 6.45) is 2.30. The molecule has 1 saturated carbocycles. The van der Waals surface area contributed by atoms with Crippen molar-refractivity contribution in [2.45, 2.75) is 25.7 Å². The quantitative estimate of drug-likeness (QED) is 0.796. The van der Waals surface area contributed by atoms with Crippen molar-refractivity contribution in [1.29, 1.82) is 0 Å². The van der Waals surface area contributed by atoms with Crippen LogP contribution in [0.4, 0.5) is 0 Å². The third-order valence-corrected chi connectivity index (χ3v) is 5.01. The van der Waals surface area contributed by atoms with Crippen LogP contribution >= 0.6 is 11.3 Å². The Morgan fingerprint density at radius 1 is 1.38 bits per heavy atom. The minimum atomic E-state index is -0.866. The highest BCUT2D eigenvalue weighted by Gasteiger charge is 2.31. The Hall–Kier alpha value is -2.14. The van der Waals surface area contributed by atoms with Gasteiger partial charge in [0, 0.05) is 11.3 Å². The largest absolute Gasteiger partial charge is 0.477 e. The van der Waals surface area contributed by atoms with E-state index in [-0.39, 0.29) is 0 Å². The molecular formula is C16H14N2O2S. The summed E-state index contributed by atoms with van der Waals surface area (Å²) in [4.78, 5) is 12.6. The highest BCUT2D eigenvalue weighted by atomic mass is 32.1. The normalized spacial score (nSPS) is 14.7. The third kappa shape index (κ3) is 1.96. The molecule has 1 aromatic carbocycles. The lowest BCUT2D eigenvalue weighted by Crippen LogP contribution is -1.99. The predicted molar refractivity (Wildman–Crippen MR) is 82.6 cm³/mol. The molecule has 1 aliphatic rings. The number of benzene rings is 1. The molecule has 1 N–H and O–H groups in total. The molecule has 2 heterocycles. The molecule has 3 aromatic rings. The van der Waals surface area contributed by atoms with Gasteiger partial charge in [0.25, 0.3) is 0 Å². The number of rotatable bonds is 3. The summed E-state index contributed by atoms with van der Waals surface area (Å²) in [5.74, 6) is -0.372. The summed E-state index contributed by atoms with van der Waals surface area (Å²) in [5.41, 5.74) is 3.21. The van der Waals surface area contributed by atoms with E-state index in [1.165, 1.54) is 11.3 Å². The zero-order chi connectivity index (χ0) is 14.6. The second-order valence-electron chi connectivity index (χ2n) is 5.49. The Labute approximate surface area is 125 Å². The lowest BCUT2D eigenvalue weighted by molar-refractivity contribution is 0.0702. The van der Waals surface area contributed by atoms with Crippen molar-refractivity contribution >= 4 is 27.5 Å². The Bertz CT molecular complexity index is 858. The molecule has 4 rings (SSSR count). The molecule has 0 aliphatic heterocycles. The number of fused-ring (bicyclic) bond motifs is 1. The van der Waals surface area contributed by atoms with Gasteiger partial charge in [-0.05, 0) is 37.5 Å². The van der Waals surface area contributed by atoms with Crippen LogP contribution in [-0.4, -0.2) is 20.9 Å². The molecule has 2 aromatic heterocycles. The molecule has 4 nitrogen and oxygen atoms in total. The first-order valence-electron chi connectivity index (χ1n) is 6.97. The van der Waals surface area contributed by atoms with Crippen LogP contribution in [0, 0.1) is 6.92 Å². The van der Waals surface area contributed by atoms with Crippen LogP contribution < -0.4 is 0 Å². The maximum atomic E-state index is 11.3. The number of carboxylic acids is 1. The number of aromatic nitrogens is 2. The first-order valence-corrected chi connectivity index (χ1v) is 7.78. The summed E-state index contributed by atoms with van der Waals surface area (Å²) < 4.78 is 1.91. The van der Waals surface area contributed by atoms with E-state index in [1.54, 1.807) is 6.07 Å². The molecule has 0 atom stereocenters. The van der Waals surface area contributed by atoms with Gasteiger partial charge in [0.15, 0.2) is 0 Å². The van der Waals surface area contributed by atoms with Crippen LogP contribution in [0.5, 0.6) is 0 Å². The predicted octanol–water partition coefficient (Wildman–Crippen LogP) is 3.97. The highest BCUT2D eigenvalue weighted by Crippen LogP contribution is 2.44.